The molecule has 1 aromatic heterocycles. The second-order valence-corrected chi connectivity index (χ2v) is 10.8. The Hall–Kier alpha value is -3.53. The molecule has 4 aromatic rings. The Balaban J connectivity index is 1.34. The predicted molar refractivity (Wildman–Crippen MR) is 142 cm³/mol. The maximum atomic E-state index is 14.6. The first-order chi connectivity index (χ1) is 17.9. The molecule has 0 saturated heterocycles. The van der Waals surface area contributed by atoms with E-state index in [-0.39, 0.29) is 17.4 Å². The van der Waals surface area contributed by atoms with Gasteiger partial charge < -0.3 is 4.74 Å². The fourth-order valence-corrected chi connectivity index (χ4v) is 6.26. The van der Waals surface area contributed by atoms with Crippen molar-refractivity contribution < 1.29 is 13.5 Å². The Morgan fingerprint density at radius 2 is 1.59 bits per heavy atom. The molecule has 0 aliphatic heterocycles. The highest BCUT2D eigenvalue weighted by atomic mass is 19.3. The van der Waals surface area contributed by atoms with Gasteiger partial charge in [-0.1, -0.05) is 79.7 Å². The molecule has 4 heteroatoms. The number of alkyl halides is 2. The van der Waals surface area contributed by atoms with Crippen LogP contribution in [0.2, 0.25) is 0 Å². The van der Waals surface area contributed by atoms with E-state index in [0.29, 0.717) is 24.0 Å². The molecule has 2 nitrogen and oxygen atoms in total. The summed E-state index contributed by atoms with van der Waals surface area (Å²) in [6, 6.07) is 25.9. The highest BCUT2D eigenvalue weighted by Crippen LogP contribution is 2.50. The van der Waals surface area contributed by atoms with Gasteiger partial charge in [0.1, 0.15) is 6.61 Å². The van der Waals surface area contributed by atoms with Gasteiger partial charge in [0.25, 0.3) is 5.92 Å². The van der Waals surface area contributed by atoms with Gasteiger partial charge in [0, 0.05) is 36.6 Å². The molecule has 2 aliphatic rings. The number of hydrogen-bond acceptors (Lipinski definition) is 2. The topological polar surface area (TPSA) is 22.1 Å². The lowest BCUT2D eigenvalue weighted by Gasteiger charge is -2.21. The van der Waals surface area contributed by atoms with Crippen molar-refractivity contribution in [1.82, 2.24) is 4.98 Å². The van der Waals surface area contributed by atoms with Gasteiger partial charge in [-0.25, -0.2) is 13.8 Å². The van der Waals surface area contributed by atoms with Crippen LogP contribution in [-0.4, -0.2) is 4.98 Å². The minimum absolute atomic E-state index is 0.109. The number of fused-ring (bicyclic) bond motifs is 2. The van der Waals surface area contributed by atoms with Crippen molar-refractivity contribution in [2.75, 3.05) is 0 Å². The molecule has 3 aromatic carbocycles. The summed E-state index contributed by atoms with van der Waals surface area (Å²) in [5, 5.41) is 0. The van der Waals surface area contributed by atoms with E-state index in [1.165, 1.54) is 22.3 Å². The summed E-state index contributed by atoms with van der Waals surface area (Å²) in [5.41, 5.74) is 8.02. The first kappa shape index (κ1) is 23.8. The van der Waals surface area contributed by atoms with E-state index in [1.54, 1.807) is 12.1 Å². The second-order valence-electron chi connectivity index (χ2n) is 10.8. The standard InChI is InChI=1S/C33H31F2NO/c1-21-14-24-17-32(36-19-25(24)15-21)37-20-22-12-13-26-28(23-8-4-3-5-9-23)18-30(29(26)16-22)27-10-6-7-11-31(27)33(2,34)35/h3-13,16-17,19,21,28,30H,14-15,18,20H2,1-2H3. The molecular formula is C33H31F2NO. The summed E-state index contributed by atoms with van der Waals surface area (Å²) in [4.78, 5) is 4.52. The third kappa shape index (κ3) is 4.66. The van der Waals surface area contributed by atoms with Crippen molar-refractivity contribution in [2.24, 2.45) is 5.92 Å². The van der Waals surface area contributed by atoms with Crippen LogP contribution in [0.25, 0.3) is 0 Å². The van der Waals surface area contributed by atoms with E-state index in [4.69, 9.17) is 4.74 Å². The summed E-state index contributed by atoms with van der Waals surface area (Å²) < 4.78 is 35.4. The third-order valence-corrected chi connectivity index (χ3v) is 7.97. The fourth-order valence-electron chi connectivity index (χ4n) is 6.26. The highest BCUT2D eigenvalue weighted by Gasteiger charge is 2.37. The Bertz CT molecular complexity index is 1430. The van der Waals surface area contributed by atoms with Gasteiger partial charge in [0.05, 0.1) is 0 Å². The quantitative estimate of drug-likeness (QED) is 0.269. The minimum atomic E-state index is -2.90. The van der Waals surface area contributed by atoms with Gasteiger partial charge in [0.15, 0.2) is 0 Å². The highest BCUT2D eigenvalue weighted by molar-refractivity contribution is 5.52. The van der Waals surface area contributed by atoms with E-state index in [2.05, 4.69) is 48.3 Å². The van der Waals surface area contributed by atoms with Crippen molar-refractivity contribution in [3.8, 4) is 5.88 Å². The fraction of sp³-hybridized carbons (Fsp3) is 0.303. The molecule has 0 N–H and O–H groups in total. The summed E-state index contributed by atoms with van der Waals surface area (Å²) >= 11 is 0. The van der Waals surface area contributed by atoms with Gasteiger partial charge >= 0.3 is 0 Å². The molecule has 0 bridgehead atoms. The zero-order chi connectivity index (χ0) is 25.6. The molecule has 3 unspecified atom stereocenters. The summed E-state index contributed by atoms with van der Waals surface area (Å²) in [5.74, 6) is -1.56. The Labute approximate surface area is 217 Å². The van der Waals surface area contributed by atoms with E-state index in [9.17, 15) is 8.78 Å². The number of ether oxygens (including phenoxy) is 1. The third-order valence-electron chi connectivity index (χ3n) is 7.97. The van der Waals surface area contributed by atoms with Gasteiger partial charge in [0.2, 0.25) is 5.88 Å². The molecule has 0 spiro atoms. The molecule has 3 atom stereocenters. The zero-order valence-electron chi connectivity index (χ0n) is 21.3. The van der Waals surface area contributed by atoms with Crippen LogP contribution in [0.1, 0.15) is 76.6 Å². The van der Waals surface area contributed by atoms with Gasteiger partial charge in [-0.3, -0.25) is 0 Å². The van der Waals surface area contributed by atoms with E-state index in [0.717, 1.165) is 37.3 Å². The Morgan fingerprint density at radius 1 is 0.838 bits per heavy atom. The van der Waals surface area contributed by atoms with Crippen LogP contribution in [0.3, 0.4) is 0 Å². The van der Waals surface area contributed by atoms with Gasteiger partial charge in [-0.15, -0.1) is 0 Å². The lowest BCUT2D eigenvalue weighted by atomic mass is 9.86. The Morgan fingerprint density at radius 3 is 2.41 bits per heavy atom. The monoisotopic (exact) mass is 495 g/mol. The Kier molecular flexibility index (Phi) is 6.06. The van der Waals surface area contributed by atoms with Gasteiger partial charge in [-0.2, -0.15) is 0 Å². The lowest BCUT2D eigenvalue weighted by Crippen LogP contribution is -2.13. The van der Waals surface area contributed by atoms with Crippen LogP contribution in [0.15, 0.2) is 85.1 Å². The molecule has 188 valence electrons. The number of rotatable bonds is 6. The second kappa shape index (κ2) is 9.41. The van der Waals surface area contributed by atoms with E-state index >= 15 is 0 Å². The number of hydrogen-bond donors (Lipinski definition) is 0. The molecule has 0 saturated carbocycles. The van der Waals surface area contributed by atoms with Crippen molar-refractivity contribution >= 4 is 0 Å². The maximum Gasteiger partial charge on any atom is 0.270 e. The molecule has 0 amide bonds. The average molecular weight is 496 g/mol. The molecule has 6 rings (SSSR count). The first-order valence-corrected chi connectivity index (χ1v) is 13.1. The van der Waals surface area contributed by atoms with Crippen molar-refractivity contribution in [3.63, 3.8) is 0 Å². The van der Waals surface area contributed by atoms with E-state index in [1.807, 2.05) is 36.5 Å². The van der Waals surface area contributed by atoms with Crippen molar-refractivity contribution in [3.05, 3.63) is 130 Å². The number of halogens is 2. The summed E-state index contributed by atoms with van der Waals surface area (Å²) in [6.07, 6.45) is 4.85. The molecule has 0 radical (unpaired) electrons. The van der Waals surface area contributed by atoms with Crippen LogP contribution < -0.4 is 4.74 Å². The van der Waals surface area contributed by atoms with Crippen LogP contribution in [0, 0.1) is 5.92 Å². The summed E-state index contributed by atoms with van der Waals surface area (Å²) in [6.45, 7) is 3.64. The minimum Gasteiger partial charge on any atom is -0.473 e. The van der Waals surface area contributed by atoms with Gasteiger partial charge in [-0.05, 0) is 64.1 Å². The number of nitrogens with zero attached hydrogens (tertiary/aromatic N) is 1. The first-order valence-electron chi connectivity index (χ1n) is 13.1. The predicted octanol–water partition coefficient (Wildman–Crippen LogP) is 8.17. The van der Waals surface area contributed by atoms with Crippen LogP contribution in [0.5, 0.6) is 5.88 Å². The maximum absolute atomic E-state index is 14.6. The lowest BCUT2D eigenvalue weighted by molar-refractivity contribution is 0.0163. The van der Waals surface area contributed by atoms with E-state index < -0.39 is 5.92 Å². The van der Waals surface area contributed by atoms with Crippen LogP contribution in [-0.2, 0) is 25.4 Å². The summed E-state index contributed by atoms with van der Waals surface area (Å²) in [7, 11) is 0. The van der Waals surface area contributed by atoms with Crippen molar-refractivity contribution in [2.45, 2.75) is 57.5 Å². The average Bonchev–Trinajstić information content (AvgIpc) is 3.46. The molecule has 1 heterocycles. The molecular weight excluding hydrogens is 464 g/mol. The normalized spacial score (nSPS) is 20.5. The zero-order valence-corrected chi connectivity index (χ0v) is 21.3. The largest absolute Gasteiger partial charge is 0.473 e. The number of aromatic nitrogens is 1. The van der Waals surface area contributed by atoms with Crippen LogP contribution in [0.4, 0.5) is 8.78 Å². The van der Waals surface area contributed by atoms with Crippen molar-refractivity contribution in [1.29, 1.82) is 0 Å². The molecule has 37 heavy (non-hydrogen) atoms. The number of benzene rings is 3. The molecule has 0 fully saturated rings. The van der Waals surface area contributed by atoms with Crippen LogP contribution >= 0.6 is 0 Å². The SMILES string of the molecule is CC1Cc2cnc(OCc3ccc4c(c3)C(c3ccccc3C(C)(F)F)CC4c3ccccc3)cc2C1. The number of pyridine rings is 1. The molecule has 2 aliphatic carbocycles. The smallest absolute Gasteiger partial charge is 0.270 e.